The average molecular weight is 228 g/mol. The van der Waals surface area contributed by atoms with Crippen LogP contribution in [0.3, 0.4) is 0 Å². The van der Waals surface area contributed by atoms with Crippen LogP contribution in [-0.4, -0.2) is 27.3 Å². The Bertz CT molecular complexity index is 210. The van der Waals surface area contributed by atoms with Gasteiger partial charge < -0.3 is 8.97 Å². The molecule has 0 aromatic carbocycles. The maximum atomic E-state index is 5.18. The van der Waals surface area contributed by atoms with Crippen LogP contribution < -0.4 is 0 Å². The van der Waals surface area contributed by atoms with E-state index in [0.717, 1.165) is 0 Å². The van der Waals surface area contributed by atoms with Crippen molar-refractivity contribution in [1.82, 2.24) is 4.23 Å². The first-order valence-electron chi connectivity index (χ1n) is 5.40. The molecule has 4 heteroatoms. The predicted octanol–water partition coefficient (Wildman–Crippen LogP) is 3.02. The highest BCUT2D eigenvalue weighted by molar-refractivity contribution is 6.95. The Labute approximate surface area is 90.1 Å². The number of hydrogen-bond acceptors (Lipinski definition) is 2. The van der Waals surface area contributed by atoms with Crippen LogP contribution in [0, 0.1) is 6.26 Å². The molecule has 81 valence electrons. The molecule has 0 amide bonds. The van der Waals surface area contributed by atoms with Gasteiger partial charge in [0, 0.05) is 6.20 Å². The van der Waals surface area contributed by atoms with E-state index in [-0.39, 0.29) is 0 Å². The maximum Gasteiger partial charge on any atom is 0.176 e. The minimum Gasteiger partial charge on any atom is -0.488 e. The Morgan fingerprint density at radius 3 is 2.14 bits per heavy atom. The normalized spacial score (nSPS) is 24.5. The molecule has 1 heterocycles. The summed E-state index contributed by atoms with van der Waals surface area (Å²) in [6, 6.07) is 2.85. The Kier molecular flexibility index (Phi) is 3.47. The van der Waals surface area contributed by atoms with Crippen LogP contribution in [0.2, 0.25) is 38.3 Å². The van der Waals surface area contributed by atoms with Crippen LogP contribution in [0.25, 0.3) is 0 Å². The van der Waals surface area contributed by atoms with E-state index >= 15 is 0 Å². The predicted molar refractivity (Wildman–Crippen MR) is 65.9 cm³/mol. The average Bonchev–Trinajstić information content (AvgIpc) is 2.27. The fourth-order valence-electron chi connectivity index (χ4n) is 2.19. The van der Waals surface area contributed by atoms with Crippen molar-refractivity contribution in [2.45, 2.75) is 45.2 Å². The van der Waals surface area contributed by atoms with Crippen molar-refractivity contribution >= 4 is 16.5 Å². The summed E-state index contributed by atoms with van der Waals surface area (Å²) < 4.78 is 7.81. The lowest BCUT2D eigenvalue weighted by atomic mass is 10.9. The van der Waals surface area contributed by atoms with Gasteiger partial charge in [0.05, 0.1) is 6.61 Å². The number of nitrogens with zero attached hydrogens (tertiary/aromatic N) is 1. The molecule has 0 aromatic heterocycles. The molecule has 0 unspecified atom stereocenters. The zero-order valence-corrected chi connectivity index (χ0v) is 12.1. The Morgan fingerprint density at radius 1 is 1.21 bits per heavy atom. The lowest BCUT2D eigenvalue weighted by Gasteiger charge is -2.37. The van der Waals surface area contributed by atoms with Crippen LogP contribution in [0.1, 0.15) is 6.92 Å². The summed E-state index contributed by atoms with van der Waals surface area (Å²) in [5.74, 6) is 0. The molecule has 14 heavy (non-hydrogen) atoms. The summed E-state index contributed by atoms with van der Waals surface area (Å²) in [4.78, 5) is 0. The highest BCUT2D eigenvalue weighted by atomic mass is 28.4. The molecule has 1 saturated heterocycles. The number of hydrogen-bond donors (Lipinski definition) is 0. The molecular weight excluding hydrogens is 206 g/mol. The largest absolute Gasteiger partial charge is 0.488 e. The molecule has 0 aliphatic carbocycles. The van der Waals surface area contributed by atoms with E-state index in [0.29, 0.717) is 6.61 Å². The second-order valence-corrected chi connectivity index (χ2v) is 14.8. The minimum absolute atomic E-state index is 0.717. The summed E-state index contributed by atoms with van der Waals surface area (Å²) in [5.41, 5.74) is 0. The third-order valence-corrected chi connectivity index (χ3v) is 13.0. The number of rotatable bonds is 3. The van der Waals surface area contributed by atoms with Gasteiger partial charge in [-0.3, -0.25) is 0 Å². The van der Waals surface area contributed by atoms with Crippen molar-refractivity contribution in [2.24, 2.45) is 0 Å². The first kappa shape index (κ1) is 11.8. The molecule has 1 rings (SSSR count). The summed E-state index contributed by atoms with van der Waals surface area (Å²) in [5, 5.41) is 0. The second kappa shape index (κ2) is 4.10. The van der Waals surface area contributed by atoms with Crippen LogP contribution in [0.4, 0.5) is 0 Å². The first-order valence-corrected chi connectivity index (χ1v) is 11.7. The summed E-state index contributed by atoms with van der Waals surface area (Å²) in [6.45, 7) is 12.5. The zero-order valence-electron chi connectivity index (χ0n) is 10.1. The van der Waals surface area contributed by atoms with Gasteiger partial charge in [0.1, 0.15) is 16.5 Å². The van der Waals surface area contributed by atoms with Gasteiger partial charge in [0.25, 0.3) is 0 Å². The molecule has 1 aliphatic rings. The van der Waals surface area contributed by atoms with E-state index in [1.807, 2.05) is 6.92 Å². The van der Waals surface area contributed by atoms with Crippen molar-refractivity contribution in [3.63, 3.8) is 0 Å². The Hall–Kier alpha value is -0.226. The van der Waals surface area contributed by atoms with Gasteiger partial charge in [-0.2, -0.15) is 0 Å². The smallest absolute Gasteiger partial charge is 0.176 e. The molecule has 0 atom stereocenters. The van der Waals surface area contributed by atoms with Gasteiger partial charge in [-0.05, 0) is 19.0 Å². The molecule has 1 radical (unpaired) electrons. The monoisotopic (exact) mass is 228 g/mol. The molecule has 1 fully saturated rings. The lowest BCUT2D eigenvalue weighted by molar-refractivity contribution is 0.244. The van der Waals surface area contributed by atoms with Gasteiger partial charge >= 0.3 is 0 Å². The van der Waals surface area contributed by atoms with Crippen molar-refractivity contribution in [1.29, 1.82) is 0 Å². The van der Waals surface area contributed by atoms with Crippen molar-refractivity contribution in [3.05, 3.63) is 12.5 Å². The van der Waals surface area contributed by atoms with Crippen molar-refractivity contribution < 1.29 is 4.74 Å². The summed E-state index contributed by atoms with van der Waals surface area (Å²) in [6.07, 6.45) is 5.05. The van der Waals surface area contributed by atoms with E-state index in [4.69, 9.17) is 4.74 Å². The van der Waals surface area contributed by atoms with Gasteiger partial charge in [-0.15, -0.1) is 0 Å². The minimum atomic E-state index is -1.16. The molecule has 0 N–H and O–H groups in total. The van der Waals surface area contributed by atoms with Crippen LogP contribution in [0.5, 0.6) is 0 Å². The van der Waals surface area contributed by atoms with Crippen molar-refractivity contribution in [2.75, 3.05) is 6.61 Å². The molecular formula is C10H22NOSi2. The summed E-state index contributed by atoms with van der Waals surface area (Å²) >= 11 is 0. The maximum absolute atomic E-state index is 5.18. The highest BCUT2D eigenvalue weighted by Gasteiger charge is 2.45. The summed E-state index contributed by atoms with van der Waals surface area (Å²) in [7, 11) is -2.32. The van der Waals surface area contributed by atoms with E-state index in [2.05, 4.69) is 42.9 Å². The number of ether oxygens (including phenoxy) is 1. The third-order valence-electron chi connectivity index (χ3n) is 3.06. The standard InChI is InChI=1S/C10H22NOSi2/c1-6-12-8-7-11-13(2,3)9-10-14(11,4)5/h7H,6,9-10H2,1-5H3. The van der Waals surface area contributed by atoms with Crippen LogP contribution in [0.15, 0.2) is 6.20 Å². The van der Waals surface area contributed by atoms with E-state index < -0.39 is 16.5 Å². The Morgan fingerprint density at radius 2 is 1.71 bits per heavy atom. The fraction of sp³-hybridized carbons (Fsp3) is 0.800. The van der Waals surface area contributed by atoms with E-state index in [1.54, 1.807) is 0 Å². The molecule has 0 aromatic rings. The van der Waals surface area contributed by atoms with E-state index in [9.17, 15) is 0 Å². The van der Waals surface area contributed by atoms with Crippen LogP contribution in [-0.2, 0) is 4.74 Å². The Balaban J connectivity index is 2.71. The quantitative estimate of drug-likeness (QED) is 0.544. The van der Waals surface area contributed by atoms with Gasteiger partial charge in [-0.1, -0.05) is 26.2 Å². The third kappa shape index (κ3) is 2.42. The topological polar surface area (TPSA) is 12.5 Å². The lowest BCUT2D eigenvalue weighted by Crippen LogP contribution is -2.51. The molecule has 0 spiro atoms. The van der Waals surface area contributed by atoms with Crippen molar-refractivity contribution in [3.8, 4) is 0 Å². The van der Waals surface area contributed by atoms with E-state index in [1.165, 1.54) is 12.1 Å². The SMILES string of the molecule is CCO[C]=CN1[Si](C)(C)CC[Si]1(C)C. The molecule has 1 aliphatic heterocycles. The van der Waals surface area contributed by atoms with Gasteiger partial charge in [0.15, 0.2) is 6.26 Å². The molecule has 2 nitrogen and oxygen atoms in total. The van der Waals surface area contributed by atoms with Gasteiger partial charge in [0.2, 0.25) is 0 Å². The first-order chi connectivity index (χ1) is 6.40. The fourth-order valence-corrected chi connectivity index (χ4v) is 15.6. The molecule has 0 bridgehead atoms. The molecule has 0 saturated carbocycles. The second-order valence-electron chi connectivity index (χ2n) is 5.17. The van der Waals surface area contributed by atoms with Gasteiger partial charge in [-0.25, -0.2) is 0 Å². The highest BCUT2D eigenvalue weighted by Crippen LogP contribution is 2.36. The zero-order chi connectivity index (χ0) is 10.8. The van der Waals surface area contributed by atoms with Crippen LogP contribution >= 0.6 is 0 Å².